The molecule has 0 amide bonds. The summed E-state index contributed by atoms with van der Waals surface area (Å²) >= 11 is 0. The van der Waals surface area contributed by atoms with E-state index >= 15 is 0 Å². The summed E-state index contributed by atoms with van der Waals surface area (Å²) in [6.07, 6.45) is 5.84. The molecule has 2 nitrogen and oxygen atoms in total. The highest BCUT2D eigenvalue weighted by Gasteiger charge is 2.37. The molecular weight excluding hydrogens is 294 g/mol. The van der Waals surface area contributed by atoms with Gasteiger partial charge in [-0.2, -0.15) is 0 Å². The van der Waals surface area contributed by atoms with Crippen molar-refractivity contribution in [3.05, 3.63) is 35.9 Å². The molecule has 0 saturated heterocycles. The minimum absolute atomic E-state index is 0.252. The van der Waals surface area contributed by atoms with Crippen molar-refractivity contribution in [2.45, 2.75) is 77.5 Å². The van der Waals surface area contributed by atoms with Crippen LogP contribution in [0.25, 0.3) is 0 Å². The van der Waals surface area contributed by atoms with E-state index in [1.165, 1.54) is 24.2 Å². The summed E-state index contributed by atoms with van der Waals surface area (Å²) < 4.78 is 0. The van der Waals surface area contributed by atoms with Crippen LogP contribution in [0.1, 0.15) is 65.4 Å². The minimum atomic E-state index is -0.999. The van der Waals surface area contributed by atoms with Crippen molar-refractivity contribution >= 4 is 0 Å². The molecule has 0 heterocycles. The highest BCUT2D eigenvalue weighted by atomic mass is 16.3. The van der Waals surface area contributed by atoms with E-state index in [0.717, 1.165) is 24.9 Å². The van der Waals surface area contributed by atoms with Crippen LogP contribution in [0.2, 0.25) is 0 Å². The maximum atomic E-state index is 11.5. The van der Waals surface area contributed by atoms with Gasteiger partial charge in [-0.25, -0.2) is 0 Å². The van der Waals surface area contributed by atoms with Gasteiger partial charge in [-0.3, -0.25) is 0 Å². The van der Waals surface area contributed by atoms with Gasteiger partial charge in [0.2, 0.25) is 0 Å². The monoisotopic (exact) mass is 328 g/mol. The maximum absolute atomic E-state index is 11.5. The lowest BCUT2D eigenvalue weighted by molar-refractivity contribution is -0.935. The van der Waals surface area contributed by atoms with E-state index < -0.39 is 5.60 Å². The molecule has 132 valence electrons. The van der Waals surface area contributed by atoms with E-state index in [4.69, 9.17) is 0 Å². The predicted octanol–water partition coefficient (Wildman–Crippen LogP) is 3.16. The summed E-state index contributed by atoms with van der Waals surface area (Å²) in [5.74, 6) is 6.91. The molecular formula is C22H34NO+. The van der Waals surface area contributed by atoms with Crippen molar-refractivity contribution in [2.75, 3.05) is 6.54 Å². The lowest BCUT2D eigenvalue weighted by Gasteiger charge is -2.35. The normalized spacial score (nSPS) is 18.5. The number of quaternary nitrogens is 1. The fourth-order valence-corrected chi connectivity index (χ4v) is 3.98. The summed E-state index contributed by atoms with van der Waals surface area (Å²) in [6.45, 7) is 9.74. The Morgan fingerprint density at radius 3 is 2.17 bits per heavy atom. The third-order valence-electron chi connectivity index (χ3n) is 5.46. The highest BCUT2D eigenvalue weighted by molar-refractivity contribution is 5.33. The molecule has 1 aliphatic rings. The van der Waals surface area contributed by atoms with Crippen molar-refractivity contribution in [1.82, 2.24) is 0 Å². The molecule has 1 aromatic carbocycles. The fourth-order valence-electron chi connectivity index (χ4n) is 3.98. The Bertz CT molecular complexity index is 540. The Balaban J connectivity index is 2.26. The number of rotatable bonds is 5. The van der Waals surface area contributed by atoms with E-state index in [1.54, 1.807) is 0 Å². The van der Waals surface area contributed by atoms with Gasteiger partial charge in [-0.15, -0.1) is 0 Å². The zero-order valence-corrected chi connectivity index (χ0v) is 15.8. The summed E-state index contributed by atoms with van der Waals surface area (Å²) in [4.78, 5) is 1.47. The van der Waals surface area contributed by atoms with Gasteiger partial charge in [0.15, 0.2) is 5.60 Å². The average Bonchev–Trinajstić information content (AvgIpc) is 2.59. The van der Waals surface area contributed by atoms with Gasteiger partial charge in [0.25, 0.3) is 0 Å². The van der Waals surface area contributed by atoms with Crippen molar-refractivity contribution in [2.24, 2.45) is 5.92 Å². The SMILES string of the molecule is CC(C)[NH+](CC#C[C@@](O)(c1ccccc1)C1CCCCC1)C(C)C. The van der Waals surface area contributed by atoms with Crippen LogP contribution in [0.4, 0.5) is 0 Å². The van der Waals surface area contributed by atoms with Crippen LogP contribution in [-0.4, -0.2) is 23.7 Å². The number of benzene rings is 1. The summed E-state index contributed by atoms with van der Waals surface area (Å²) in [5, 5.41) is 11.5. The van der Waals surface area contributed by atoms with E-state index in [9.17, 15) is 5.11 Å². The molecule has 1 saturated carbocycles. The molecule has 0 unspecified atom stereocenters. The maximum Gasteiger partial charge on any atom is 0.153 e. The Morgan fingerprint density at radius 2 is 1.62 bits per heavy atom. The Hall–Kier alpha value is -1.30. The first-order valence-electron chi connectivity index (χ1n) is 9.58. The summed E-state index contributed by atoms with van der Waals surface area (Å²) in [6, 6.07) is 11.1. The molecule has 1 fully saturated rings. The standard InChI is InChI=1S/C22H33NO/c1-18(2)23(19(3)4)17-11-16-22(24,20-12-7-5-8-13-20)21-14-9-6-10-15-21/h5,7-8,12-13,18-19,21,24H,6,9-10,14-15,17H2,1-4H3/p+1/t22-/m1/s1. The zero-order valence-electron chi connectivity index (χ0n) is 15.8. The second-order valence-electron chi connectivity index (χ2n) is 7.83. The van der Waals surface area contributed by atoms with Crippen LogP contribution in [0.5, 0.6) is 0 Å². The third kappa shape index (κ3) is 4.62. The largest absolute Gasteiger partial charge is 0.373 e. The quantitative estimate of drug-likeness (QED) is 0.798. The first-order valence-corrected chi connectivity index (χ1v) is 9.58. The average molecular weight is 329 g/mol. The van der Waals surface area contributed by atoms with E-state index in [1.807, 2.05) is 30.3 Å². The van der Waals surface area contributed by atoms with Crippen LogP contribution in [0.15, 0.2) is 30.3 Å². The topological polar surface area (TPSA) is 24.7 Å². The molecule has 0 aromatic heterocycles. The lowest BCUT2D eigenvalue weighted by atomic mass is 9.73. The minimum Gasteiger partial charge on any atom is -0.373 e. The van der Waals surface area contributed by atoms with Crippen molar-refractivity contribution in [3.63, 3.8) is 0 Å². The van der Waals surface area contributed by atoms with Gasteiger partial charge >= 0.3 is 0 Å². The fraction of sp³-hybridized carbons (Fsp3) is 0.636. The molecule has 1 aromatic rings. The molecule has 2 heteroatoms. The second-order valence-corrected chi connectivity index (χ2v) is 7.83. The van der Waals surface area contributed by atoms with E-state index in [0.29, 0.717) is 12.1 Å². The van der Waals surface area contributed by atoms with Gasteiger partial charge in [0.1, 0.15) is 6.54 Å². The third-order valence-corrected chi connectivity index (χ3v) is 5.46. The first-order chi connectivity index (χ1) is 11.4. The smallest absolute Gasteiger partial charge is 0.153 e. The molecule has 0 aliphatic heterocycles. The number of hydrogen-bond acceptors (Lipinski definition) is 1. The molecule has 2 N–H and O–H groups in total. The number of hydrogen-bond donors (Lipinski definition) is 2. The van der Waals surface area contributed by atoms with Crippen LogP contribution < -0.4 is 4.90 Å². The molecule has 1 aliphatic carbocycles. The van der Waals surface area contributed by atoms with Crippen LogP contribution in [0.3, 0.4) is 0 Å². The Kier molecular flexibility index (Phi) is 6.90. The van der Waals surface area contributed by atoms with Crippen molar-refractivity contribution in [3.8, 4) is 11.8 Å². The van der Waals surface area contributed by atoms with Gasteiger partial charge < -0.3 is 10.0 Å². The van der Waals surface area contributed by atoms with Crippen LogP contribution in [0, 0.1) is 17.8 Å². The predicted molar refractivity (Wildman–Crippen MR) is 101 cm³/mol. The Morgan fingerprint density at radius 1 is 1.04 bits per heavy atom. The molecule has 0 bridgehead atoms. The van der Waals surface area contributed by atoms with Gasteiger partial charge in [-0.05, 0) is 52.0 Å². The van der Waals surface area contributed by atoms with Crippen molar-refractivity contribution < 1.29 is 10.0 Å². The van der Waals surface area contributed by atoms with Crippen LogP contribution >= 0.6 is 0 Å². The van der Waals surface area contributed by atoms with Crippen molar-refractivity contribution in [1.29, 1.82) is 0 Å². The summed E-state index contributed by atoms with van der Waals surface area (Å²) in [5.41, 5.74) is -0.0409. The lowest BCUT2D eigenvalue weighted by Crippen LogP contribution is -3.17. The molecule has 2 rings (SSSR count). The zero-order chi connectivity index (χ0) is 17.6. The number of nitrogens with one attached hydrogen (secondary N) is 1. The Labute approximate surface area is 148 Å². The van der Waals surface area contributed by atoms with E-state index in [2.05, 4.69) is 39.5 Å². The summed E-state index contributed by atoms with van der Waals surface area (Å²) in [7, 11) is 0. The van der Waals surface area contributed by atoms with E-state index in [-0.39, 0.29) is 5.92 Å². The highest BCUT2D eigenvalue weighted by Crippen LogP contribution is 2.38. The van der Waals surface area contributed by atoms with Gasteiger partial charge in [-0.1, -0.05) is 55.5 Å². The molecule has 0 spiro atoms. The second kappa shape index (κ2) is 8.70. The molecule has 24 heavy (non-hydrogen) atoms. The van der Waals surface area contributed by atoms with Gasteiger partial charge in [0, 0.05) is 5.92 Å². The van der Waals surface area contributed by atoms with Crippen LogP contribution in [-0.2, 0) is 5.60 Å². The molecule has 1 atom stereocenters. The number of aliphatic hydroxyl groups is 1. The van der Waals surface area contributed by atoms with Gasteiger partial charge in [0.05, 0.1) is 12.1 Å². The molecule has 0 radical (unpaired) electrons. The first kappa shape index (κ1) is 19.0.